The number of likely N-dealkylation sites (N-methyl/N-ethyl adjacent to an activating group) is 1. The van der Waals surface area contributed by atoms with E-state index in [2.05, 4.69) is 10.6 Å². The van der Waals surface area contributed by atoms with Gasteiger partial charge in [0, 0.05) is 19.1 Å². The van der Waals surface area contributed by atoms with E-state index in [0.29, 0.717) is 18.4 Å². The van der Waals surface area contributed by atoms with Crippen LogP contribution in [0.5, 0.6) is 5.75 Å². The molecule has 0 spiro atoms. The van der Waals surface area contributed by atoms with Crippen molar-refractivity contribution in [2.24, 2.45) is 17.8 Å². The van der Waals surface area contributed by atoms with Crippen molar-refractivity contribution in [2.75, 3.05) is 26.6 Å². The van der Waals surface area contributed by atoms with E-state index < -0.39 is 49.5 Å². The first kappa shape index (κ1) is 29.5. The van der Waals surface area contributed by atoms with Gasteiger partial charge in [-0.2, -0.15) is 0 Å². The summed E-state index contributed by atoms with van der Waals surface area (Å²) < 4.78 is 18.5. The summed E-state index contributed by atoms with van der Waals surface area (Å²) in [5, 5.41) is 5.26. The topological polar surface area (TPSA) is 142 Å². The Morgan fingerprint density at radius 2 is 1.61 bits per heavy atom. The fourth-order valence-electron chi connectivity index (χ4n) is 4.46. The lowest BCUT2D eigenvalue weighted by molar-refractivity contribution is -0.131. The number of benzene rings is 1. The molecule has 36 heavy (non-hydrogen) atoms. The molecule has 1 aliphatic heterocycles. The first-order valence-electron chi connectivity index (χ1n) is 12.1. The Morgan fingerprint density at radius 1 is 1.03 bits per heavy atom. The molecule has 11 heteroatoms. The third kappa shape index (κ3) is 6.95. The molecule has 3 N–H and O–H groups in total. The number of hydrogen-bond donors (Lipinski definition) is 3. The van der Waals surface area contributed by atoms with E-state index in [0.717, 1.165) is 4.90 Å². The maximum absolute atomic E-state index is 13.3. The Morgan fingerprint density at radius 3 is 2.14 bits per heavy atom. The molecule has 0 aromatic heterocycles. The number of aryl methyl sites for hydroxylation is 1. The van der Waals surface area contributed by atoms with Crippen LogP contribution in [0.4, 0.5) is 0 Å². The lowest BCUT2D eigenvalue weighted by Crippen LogP contribution is -2.49. The highest BCUT2D eigenvalue weighted by atomic mass is 31.2. The minimum absolute atomic E-state index is 0.0236. The van der Waals surface area contributed by atoms with Crippen molar-refractivity contribution in [3.63, 3.8) is 0 Å². The summed E-state index contributed by atoms with van der Waals surface area (Å²) in [6.07, 6.45) is -0.433. The Hall–Kier alpha value is -2.71. The van der Waals surface area contributed by atoms with Crippen LogP contribution in [0.15, 0.2) is 12.1 Å². The Kier molecular flexibility index (Phi) is 9.85. The Bertz CT molecular complexity index is 1070. The normalized spacial score (nSPS) is 16.6. The number of methoxy groups -OCH3 is 1. The van der Waals surface area contributed by atoms with Crippen LogP contribution in [-0.2, 0) is 14.2 Å². The van der Waals surface area contributed by atoms with Gasteiger partial charge >= 0.3 is 0 Å². The Labute approximate surface area is 212 Å². The molecule has 0 bridgehead atoms. The number of amides is 4. The van der Waals surface area contributed by atoms with Crippen molar-refractivity contribution >= 4 is 31.0 Å². The SMILES string of the molecule is CNC(=O)[C@H](CC(C)C)NC(=O)C(CC(C)C)CP(=O)(O)CN1C(=O)c2c(C)ccc(OC)c2C1=O. The van der Waals surface area contributed by atoms with Crippen LogP contribution in [-0.4, -0.2) is 66.1 Å². The van der Waals surface area contributed by atoms with Gasteiger partial charge in [-0.1, -0.05) is 33.8 Å². The number of rotatable bonds is 12. The summed E-state index contributed by atoms with van der Waals surface area (Å²) in [6, 6.07) is 2.44. The highest BCUT2D eigenvalue weighted by Crippen LogP contribution is 2.46. The van der Waals surface area contributed by atoms with Crippen molar-refractivity contribution in [3.8, 4) is 5.75 Å². The second-order valence-electron chi connectivity index (χ2n) is 10.2. The van der Waals surface area contributed by atoms with E-state index in [4.69, 9.17) is 4.74 Å². The van der Waals surface area contributed by atoms with E-state index in [1.54, 1.807) is 19.1 Å². The summed E-state index contributed by atoms with van der Waals surface area (Å²) in [7, 11) is -1.31. The molecule has 200 valence electrons. The maximum Gasteiger partial charge on any atom is 0.265 e. The number of carbonyl (C=O) groups is 4. The van der Waals surface area contributed by atoms with Crippen LogP contribution >= 0.6 is 7.37 Å². The van der Waals surface area contributed by atoms with Gasteiger partial charge in [-0.25, -0.2) is 0 Å². The molecule has 2 rings (SSSR count). The van der Waals surface area contributed by atoms with Crippen molar-refractivity contribution < 1.29 is 33.4 Å². The maximum atomic E-state index is 13.3. The van der Waals surface area contributed by atoms with Crippen LogP contribution in [0, 0.1) is 24.7 Å². The molecular formula is C25H38N3O7P. The molecule has 1 aliphatic rings. The van der Waals surface area contributed by atoms with Crippen molar-refractivity contribution in [2.45, 2.75) is 53.5 Å². The minimum atomic E-state index is -4.17. The molecule has 0 aliphatic carbocycles. The number of nitrogens with zero attached hydrogens (tertiary/aromatic N) is 1. The van der Waals surface area contributed by atoms with E-state index in [9.17, 15) is 28.6 Å². The second-order valence-corrected chi connectivity index (χ2v) is 12.5. The molecular weight excluding hydrogens is 485 g/mol. The van der Waals surface area contributed by atoms with Gasteiger partial charge in [0.05, 0.1) is 18.2 Å². The van der Waals surface area contributed by atoms with Crippen LogP contribution in [0.2, 0.25) is 0 Å². The smallest absolute Gasteiger partial charge is 0.265 e. The van der Waals surface area contributed by atoms with Gasteiger partial charge in [0.1, 0.15) is 18.1 Å². The van der Waals surface area contributed by atoms with Gasteiger partial charge in [0.15, 0.2) is 0 Å². The van der Waals surface area contributed by atoms with E-state index >= 15 is 0 Å². The molecule has 1 heterocycles. The van der Waals surface area contributed by atoms with Crippen LogP contribution in [0.25, 0.3) is 0 Å². The molecule has 0 saturated heterocycles. The first-order valence-corrected chi connectivity index (χ1v) is 14.1. The monoisotopic (exact) mass is 523 g/mol. The lowest BCUT2D eigenvalue weighted by atomic mass is 9.96. The minimum Gasteiger partial charge on any atom is -0.496 e. The largest absolute Gasteiger partial charge is 0.496 e. The molecule has 1 aromatic carbocycles. The fraction of sp³-hybridized carbons (Fsp3) is 0.600. The molecule has 0 saturated carbocycles. The average molecular weight is 524 g/mol. The molecule has 2 unspecified atom stereocenters. The second kappa shape index (κ2) is 12.0. The van der Waals surface area contributed by atoms with Crippen LogP contribution in [0.1, 0.15) is 66.8 Å². The van der Waals surface area contributed by atoms with Gasteiger partial charge in [-0.3, -0.25) is 28.6 Å². The molecule has 0 radical (unpaired) electrons. The molecule has 10 nitrogen and oxygen atoms in total. The molecule has 0 fully saturated rings. The number of nitrogens with one attached hydrogen (secondary N) is 2. The van der Waals surface area contributed by atoms with Gasteiger partial charge in [-0.05, 0) is 43.2 Å². The molecule has 4 amide bonds. The van der Waals surface area contributed by atoms with E-state index in [-0.39, 0.29) is 34.6 Å². The van der Waals surface area contributed by atoms with Crippen molar-refractivity contribution in [3.05, 3.63) is 28.8 Å². The van der Waals surface area contributed by atoms with Gasteiger partial charge < -0.3 is 20.3 Å². The predicted octanol–water partition coefficient (Wildman–Crippen LogP) is 2.77. The first-order chi connectivity index (χ1) is 16.7. The standard InChI is InChI=1S/C25H38N3O7P/c1-14(2)10-17(22(29)27-18(11-15(3)4)23(30)26-6)12-36(33,34)13-28-24(31)20-16(5)8-9-19(35-7)21(20)25(28)32/h8-9,14-15,17-18H,10-13H2,1-7H3,(H,26,30)(H,27,29)(H,33,34)/t17?,18-/m0/s1. The third-order valence-corrected chi connectivity index (χ3v) is 7.83. The number of carbonyl (C=O) groups excluding carboxylic acids is 4. The van der Waals surface area contributed by atoms with Crippen molar-refractivity contribution in [1.29, 1.82) is 0 Å². The quantitative estimate of drug-likeness (QED) is 0.282. The summed E-state index contributed by atoms with van der Waals surface area (Å²) in [4.78, 5) is 63.1. The number of ether oxygens (including phenoxy) is 1. The zero-order valence-electron chi connectivity index (χ0n) is 22.1. The van der Waals surface area contributed by atoms with Crippen molar-refractivity contribution in [1.82, 2.24) is 15.5 Å². The fourth-order valence-corrected chi connectivity index (χ4v) is 6.28. The molecule has 3 atom stereocenters. The zero-order chi connectivity index (χ0) is 27.4. The van der Waals surface area contributed by atoms with Gasteiger partial charge in [0.25, 0.3) is 11.8 Å². The van der Waals surface area contributed by atoms with E-state index in [1.165, 1.54) is 14.2 Å². The van der Waals surface area contributed by atoms with E-state index in [1.807, 2.05) is 27.7 Å². The van der Waals surface area contributed by atoms with Crippen LogP contribution in [0.3, 0.4) is 0 Å². The third-order valence-electron chi connectivity index (χ3n) is 6.09. The van der Waals surface area contributed by atoms with Gasteiger partial charge in [-0.15, -0.1) is 0 Å². The lowest BCUT2D eigenvalue weighted by Gasteiger charge is -2.26. The Balaban J connectivity index is 2.25. The van der Waals surface area contributed by atoms with Gasteiger partial charge in [0.2, 0.25) is 19.2 Å². The zero-order valence-corrected chi connectivity index (χ0v) is 23.0. The summed E-state index contributed by atoms with van der Waals surface area (Å²) >= 11 is 0. The number of fused-ring (bicyclic) bond motifs is 1. The summed E-state index contributed by atoms with van der Waals surface area (Å²) in [5.41, 5.74) is 0.779. The predicted molar refractivity (Wildman–Crippen MR) is 136 cm³/mol. The molecule has 1 aromatic rings. The van der Waals surface area contributed by atoms with Crippen LogP contribution < -0.4 is 15.4 Å². The highest BCUT2D eigenvalue weighted by molar-refractivity contribution is 7.58. The number of hydrogen-bond acceptors (Lipinski definition) is 6. The average Bonchev–Trinajstić information content (AvgIpc) is 3.02. The highest BCUT2D eigenvalue weighted by Gasteiger charge is 2.43. The summed E-state index contributed by atoms with van der Waals surface area (Å²) in [5.74, 6) is -2.73. The summed E-state index contributed by atoms with van der Waals surface area (Å²) in [6.45, 7) is 9.29. The number of imide groups is 1.